The quantitative estimate of drug-likeness (QED) is 0.280. The average molecular weight is 550 g/mol. The van der Waals surface area contributed by atoms with Crippen LogP contribution in [0.2, 0.25) is 0 Å². The third kappa shape index (κ3) is 3.83. The largest absolute Gasteiger partial charge is 0.507 e. The van der Waals surface area contributed by atoms with Gasteiger partial charge in [-0.25, -0.2) is 9.97 Å². The van der Waals surface area contributed by atoms with Crippen molar-refractivity contribution >= 4 is 50.3 Å². The standard InChI is InChI=1S/C25H23IN6O/c1-31-8-10-32(11-9-31)17-4-6-20-22(14-17)30-25(28-20)16-2-5-19-21(13-16)29-24(27-19)15-3-7-23(33)18(26)12-15/h2-7,12-14,33H,8-11H2,1H3,(H,27,29)(H,28,30). The van der Waals surface area contributed by atoms with Crippen molar-refractivity contribution in [2.24, 2.45) is 0 Å². The molecule has 8 heteroatoms. The van der Waals surface area contributed by atoms with Crippen molar-refractivity contribution in [3.05, 3.63) is 58.2 Å². The summed E-state index contributed by atoms with van der Waals surface area (Å²) in [7, 11) is 2.17. The lowest BCUT2D eigenvalue weighted by molar-refractivity contribution is 0.313. The zero-order valence-corrected chi connectivity index (χ0v) is 20.3. The van der Waals surface area contributed by atoms with Gasteiger partial charge in [0.25, 0.3) is 0 Å². The number of halogens is 1. The van der Waals surface area contributed by atoms with E-state index in [2.05, 4.69) is 73.7 Å². The highest BCUT2D eigenvalue weighted by molar-refractivity contribution is 14.1. The van der Waals surface area contributed by atoms with Crippen LogP contribution in [-0.2, 0) is 0 Å². The van der Waals surface area contributed by atoms with E-state index in [0.29, 0.717) is 0 Å². The number of phenols is 1. The maximum atomic E-state index is 9.80. The van der Waals surface area contributed by atoms with Gasteiger partial charge in [0.05, 0.1) is 25.6 Å². The van der Waals surface area contributed by atoms with Crippen molar-refractivity contribution in [1.82, 2.24) is 24.8 Å². The first-order valence-electron chi connectivity index (χ1n) is 11.0. The van der Waals surface area contributed by atoms with Crippen LogP contribution in [0.5, 0.6) is 5.75 Å². The van der Waals surface area contributed by atoms with Gasteiger partial charge in [-0.3, -0.25) is 0 Å². The molecule has 0 bridgehead atoms. The molecule has 0 unspecified atom stereocenters. The highest BCUT2D eigenvalue weighted by Crippen LogP contribution is 2.30. The summed E-state index contributed by atoms with van der Waals surface area (Å²) in [5.74, 6) is 1.90. The summed E-state index contributed by atoms with van der Waals surface area (Å²) >= 11 is 2.12. The number of H-pyrrole nitrogens is 2. The van der Waals surface area contributed by atoms with Crippen LogP contribution in [0.1, 0.15) is 0 Å². The molecule has 3 heterocycles. The summed E-state index contributed by atoms with van der Waals surface area (Å²) in [4.78, 5) is 21.3. The molecule has 7 nitrogen and oxygen atoms in total. The summed E-state index contributed by atoms with van der Waals surface area (Å²) in [6, 6.07) is 18.1. The minimum atomic E-state index is 0.276. The molecule has 1 fully saturated rings. The number of nitrogens with zero attached hydrogens (tertiary/aromatic N) is 4. The molecule has 0 atom stereocenters. The number of likely N-dealkylation sites (N-methyl/N-ethyl adjacent to an activating group) is 1. The van der Waals surface area contributed by atoms with E-state index in [9.17, 15) is 5.11 Å². The first kappa shape index (κ1) is 20.5. The maximum Gasteiger partial charge on any atom is 0.138 e. The Morgan fingerprint density at radius 1 is 0.788 bits per heavy atom. The summed E-state index contributed by atoms with van der Waals surface area (Å²) in [5, 5.41) is 9.80. The van der Waals surface area contributed by atoms with Crippen molar-refractivity contribution in [3.63, 3.8) is 0 Å². The number of hydrogen-bond donors (Lipinski definition) is 3. The van der Waals surface area contributed by atoms with Crippen LogP contribution in [0, 0.1) is 3.57 Å². The van der Waals surface area contributed by atoms with Gasteiger partial charge in [0, 0.05) is 43.0 Å². The number of aromatic hydroxyl groups is 1. The molecule has 0 saturated carbocycles. The third-order valence-corrected chi connectivity index (χ3v) is 7.17. The lowest BCUT2D eigenvalue weighted by atomic mass is 10.2. The topological polar surface area (TPSA) is 84.1 Å². The van der Waals surface area contributed by atoms with Gasteiger partial charge in [0.1, 0.15) is 17.4 Å². The first-order valence-corrected chi connectivity index (χ1v) is 12.0. The Morgan fingerprint density at radius 2 is 1.39 bits per heavy atom. The Hall–Kier alpha value is -3.11. The number of fused-ring (bicyclic) bond motifs is 2. The number of piperazine rings is 1. The second-order valence-corrected chi connectivity index (χ2v) is 9.72. The summed E-state index contributed by atoms with van der Waals surface area (Å²) in [5.41, 5.74) is 7.04. The minimum Gasteiger partial charge on any atom is -0.507 e. The molecule has 1 aliphatic rings. The molecule has 3 N–H and O–H groups in total. The fourth-order valence-corrected chi connectivity index (χ4v) is 4.86. The number of nitrogens with one attached hydrogen (secondary N) is 2. The molecule has 6 rings (SSSR count). The van der Waals surface area contributed by atoms with E-state index in [-0.39, 0.29) is 5.75 Å². The Morgan fingerprint density at radius 3 is 2.09 bits per heavy atom. The van der Waals surface area contributed by atoms with Gasteiger partial charge < -0.3 is 24.9 Å². The molecule has 166 valence electrons. The zero-order valence-electron chi connectivity index (χ0n) is 18.1. The summed E-state index contributed by atoms with van der Waals surface area (Å²) in [6.45, 7) is 4.26. The fraction of sp³-hybridized carbons (Fsp3) is 0.200. The molecule has 0 aliphatic carbocycles. The second kappa shape index (κ2) is 8.03. The maximum absolute atomic E-state index is 9.80. The van der Waals surface area contributed by atoms with Crippen LogP contribution >= 0.6 is 22.6 Å². The number of aromatic amines is 2. The summed E-state index contributed by atoms with van der Waals surface area (Å²) in [6.07, 6.45) is 0. The van der Waals surface area contributed by atoms with Crippen LogP contribution in [0.4, 0.5) is 5.69 Å². The highest BCUT2D eigenvalue weighted by Gasteiger charge is 2.16. The Balaban J connectivity index is 1.32. The monoisotopic (exact) mass is 550 g/mol. The van der Waals surface area contributed by atoms with Crippen LogP contribution in [0.25, 0.3) is 44.8 Å². The molecular formula is C25H23IN6O. The number of benzene rings is 3. The molecule has 5 aromatic rings. The first-order chi connectivity index (χ1) is 16.0. The van der Waals surface area contributed by atoms with Crippen LogP contribution in [-0.4, -0.2) is 63.2 Å². The van der Waals surface area contributed by atoms with Crippen molar-refractivity contribution in [3.8, 4) is 28.5 Å². The summed E-state index contributed by atoms with van der Waals surface area (Å²) < 4.78 is 0.796. The highest BCUT2D eigenvalue weighted by atomic mass is 127. The van der Waals surface area contributed by atoms with Gasteiger partial charge in [0.2, 0.25) is 0 Å². The molecular weight excluding hydrogens is 527 g/mol. The van der Waals surface area contributed by atoms with Gasteiger partial charge in [-0.05, 0) is 84.2 Å². The predicted octanol–water partition coefficient (Wildman–Crippen LogP) is 4.84. The molecule has 0 radical (unpaired) electrons. The lowest BCUT2D eigenvalue weighted by Gasteiger charge is -2.34. The van der Waals surface area contributed by atoms with Gasteiger partial charge in [-0.15, -0.1) is 0 Å². The van der Waals surface area contributed by atoms with E-state index in [1.807, 2.05) is 24.3 Å². The van der Waals surface area contributed by atoms with Crippen molar-refractivity contribution < 1.29 is 5.11 Å². The number of anilines is 1. The molecule has 0 spiro atoms. The number of phenolic OH excluding ortho intramolecular Hbond substituents is 1. The number of imidazole rings is 2. The molecule has 3 aromatic carbocycles. The van der Waals surface area contributed by atoms with Gasteiger partial charge in [-0.2, -0.15) is 0 Å². The normalized spacial score (nSPS) is 15.0. The van der Waals surface area contributed by atoms with Gasteiger partial charge in [0.15, 0.2) is 0 Å². The molecule has 33 heavy (non-hydrogen) atoms. The predicted molar refractivity (Wildman–Crippen MR) is 141 cm³/mol. The Bertz CT molecular complexity index is 1480. The van der Waals surface area contributed by atoms with E-state index in [1.165, 1.54) is 5.69 Å². The van der Waals surface area contributed by atoms with Crippen molar-refractivity contribution in [2.75, 3.05) is 38.1 Å². The second-order valence-electron chi connectivity index (χ2n) is 8.56. The molecule has 0 amide bonds. The molecule has 2 aromatic heterocycles. The third-order valence-electron chi connectivity index (χ3n) is 6.31. The van der Waals surface area contributed by atoms with E-state index in [4.69, 9.17) is 9.97 Å². The van der Waals surface area contributed by atoms with Gasteiger partial charge >= 0.3 is 0 Å². The van der Waals surface area contributed by atoms with Crippen molar-refractivity contribution in [1.29, 1.82) is 0 Å². The Labute approximate surface area is 204 Å². The van der Waals surface area contributed by atoms with E-state index < -0.39 is 0 Å². The smallest absolute Gasteiger partial charge is 0.138 e. The number of rotatable bonds is 3. The Kier molecular flexibility index (Phi) is 4.99. The van der Waals surface area contributed by atoms with Crippen LogP contribution < -0.4 is 4.90 Å². The van der Waals surface area contributed by atoms with Crippen molar-refractivity contribution in [2.45, 2.75) is 0 Å². The molecule has 1 saturated heterocycles. The van der Waals surface area contributed by atoms with Gasteiger partial charge in [-0.1, -0.05) is 0 Å². The SMILES string of the molecule is CN1CCN(c2ccc3nc(-c4ccc5nc(-c6ccc(O)c(I)c6)[nH]c5c4)[nH]c3c2)CC1. The van der Waals surface area contributed by atoms with E-state index >= 15 is 0 Å². The molecule has 1 aliphatic heterocycles. The lowest BCUT2D eigenvalue weighted by Crippen LogP contribution is -2.44. The van der Waals surface area contributed by atoms with Crippen LogP contribution in [0.3, 0.4) is 0 Å². The van der Waals surface area contributed by atoms with Crippen LogP contribution in [0.15, 0.2) is 54.6 Å². The zero-order chi connectivity index (χ0) is 22.5. The fourth-order valence-electron chi connectivity index (χ4n) is 4.34. The van der Waals surface area contributed by atoms with E-state index in [1.54, 1.807) is 6.07 Å². The number of hydrogen-bond acceptors (Lipinski definition) is 5. The van der Waals surface area contributed by atoms with E-state index in [0.717, 1.165) is 74.6 Å². The minimum absolute atomic E-state index is 0.276. The average Bonchev–Trinajstić information content (AvgIpc) is 3.44. The number of aromatic nitrogens is 4.